The molecular formula is C13H18S. The summed E-state index contributed by atoms with van der Waals surface area (Å²) in [4.78, 5) is 1.44. The van der Waals surface area contributed by atoms with Gasteiger partial charge in [-0.25, -0.2) is 0 Å². The standard InChI is InChI=1S/C10H10S.C3H8/c1-7-8(2)11-10-6-4-3-5-9(7)10;1-3-2/h3-6H,1-2H3;3H2,1-2H3. The molecule has 0 bridgehead atoms. The Hall–Kier alpha value is -0.820. The van der Waals surface area contributed by atoms with Crippen LogP contribution in [-0.2, 0) is 0 Å². The quantitative estimate of drug-likeness (QED) is 0.573. The Balaban J connectivity index is 0.000000293. The zero-order valence-corrected chi connectivity index (χ0v) is 10.2. The molecule has 0 N–H and O–H groups in total. The van der Waals surface area contributed by atoms with Gasteiger partial charge in [-0.2, -0.15) is 0 Å². The molecule has 2 rings (SSSR count). The molecule has 1 heterocycles. The van der Waals surface area contributed by atoms with E-state index in [1.165, 1.54) is 26.9 Å². The molecule has 0 aliphatic carbocycles. The van der Waals surface area contributed by atoms with Gasteiger partial charge >= 0.3 is 0 Å². The minimum absolute atomic E-state index is 1.25. The highest BCUT2D eigenvalue weighted by Gasteiger charge is 2.01. The number of fused-ring (bicyclic) bond motifs is 1. The first-order valence-electron chi connectivity index (χ1n) is 5.15. The van der Waals surface area contributed by atoms with Gasteiger partial charge in [0.05, 0.1) is 0 Å². The van der Waals surface area contributed by atoms with Crippen molar-refractivity contribution < 1.29 is 0 Å². The van der Waals surface area contributed by atoms with Crippen LogP contribution in [-0.4, -0.2) is 0 Å². The van der Waals surface area contributed by atoms with E-state index in [1.807, 2.05) is 11.3 Å². The average Bonchev–Trinajstić information content (AvgIpc) is 2.45. The Labute approximate surface area is 90.6 Å². The van der Waals surface area contributed by atoms with Crippen LogP contribution in [0.3, 0.4) is 0 Å². The summed E-state index contributed by atoms with van der Waals surface area (Å²) in [5.41, 5.74) is 1.44. The molecule has 0 fully saturated rings. The van der Waals surface area contributed by atoms with Crippen molar-refractivity contribution in [1.29, 1.82) is 0 Å². The largest absolute Gasteiger partial charge is 0.140 e. The molecule has 0 atom stereocenters. The second-order valence-electron chi connectivity index (χ2n) is 3.49. The summed E-state index contributed by atoms with van der Waals surface area (Å²) in [6.07, 6.45) is 1.25. The SMILES string of the molecule is CCC.Cc1sc2ccccc2c1C. The summed E-state index contributed by atoms with van der Waals surface area (Å²) in [5, 5.41) is 1.41. The van der Waals surface area contributed by atoms with Gasteiger partial charge in [0.1, 0.15) is 0 Å². The van der Waals surface area contributed by atoms with Gasteiger partial charge < -0.3 is 0 Å². The maximum atomic E-state index is 2.19. The summed E-state index contributed by atoms with van der Waals surface area (Å²) in [5.74, 6) is 0. The van der Waals surface area contributed by atoms with Gasteiger partial charge in [0.2, 0.25) is 0 Å². The summed E-state index contributed by atoms with van der Waals surface area (Å²) in [6, 6.07) is 8.56. The minimum Gasteiger partial charge on any atom is -0.140 e. The lowest BCUT2D eigenvalue weighted by Gasteiger charge is -1.88. The summed E-state index contributed by atoms with van der Waals surface area (Å²) in [6.45, 7) is 8.62. The number of hydrogen-bond acceptors (Lipinski definition) is 1. The first-order chi connectivity index (χ1) is 6.70. The third-order valence-corrected chi connectivity index (χ3v) is 3.27. The van der Waals surface area contributed by atoms with Gasteiger partial charge in [-0.1, -0.05) is 38.5 Å². The normalized spacial score (nSPS) is 9.71. The predicted molar refractivity (Wildman–Crippen MR) is 67.3 cm³/mol. The maximum absolute atomic E-state index is 2.19. The molecule has 1 aromatic carbocycles. The number of thiophene rings is 1. The van der Waals surface area contributed by atoms with Crippen LogP contribution in [0.15, 0.2) is 24.3 Å². The zero-order valence-electron chi connectivity index (χ0n) is 9.42. The summed E-state index contributed by atoms with van der Waals surface area (Å²) >= 11 is 1.88. The van der Waals surface area contributed by atoms with E-state index < -0.39 is 0 Å². The molecule has 0 saturated heterocycles. The molecule has 0 aliphatic rings. The van der Waals surface area contributed by atoms with Crippen molar-refractivity contribution >= 4 is 21.4 Å². The predicted octanol–water partition coefficient (Wildman–Crippen LogP) is 4.93. The Morgan fingerprint density at radius 2 is 1.64 bits per heavy atom. The van der Waals surface area contributed by atoms with E-state index in [4.69, 9.17) is 0 Å². The maximum Gasteiger partial charge on any atom is 0.0348 e. The molecular weight excluding hydrogens is 188 g/mol. The number of rotatable bonds is 0. The Morgan fingerprint density at radius 3 is 2.21 bits per heavy atom. The van der Waals surface area contributed by atoms with E-state index in [9.17, 15) is 0 Å². The molecule has 1 heteroatoms. The molecule has 0 spiro atoms. The van der Waals surface area contributed by atoms with Crippen molar-refractivity contribution in [3.8, 4) is 0 Å². The van der Waals surface area contributed by atoms with Gasteiger partial charge in [0.15, 0.2) is 0 Å². The van der Waals surface area contributed by atoms with Crippen LogP contribution in [0.1, 0.15) is 30.7 Å². The van der Waals surface area contributed by atoms with Gasteiger partial charge in [-0.05, 0) is 30.9 Å². The lowest BCUT2D eigenvalue weighted by Crippen LogP contribution is -1.68. The van der Waals surface area contributed by atoms with Crippen LogP contribution in [0.25, 0.3) is 10.1 Å². The van der Waals surface area contributed by atoms with E-state index in [0.717, 1.165) is 0 Å². The number of benzene rings is 1. The average molecular weight is 206 g/mol. The monoisotopic (exact) mass is 206 g/mol. The highest BCUT2D eigenvalue weighted by Crippen LogP contribution is 2.29. The third kappa shape index (κ3) is 2.36. The molecule has 0 unspecified atom stereocenters. The molecule has 2 aromatic rings. The van der Waals surface area contributed by atoms with Crippen LogP contribution >= 0.6 is 11.3 Å². The van der Waals surface area contributed by atoms with E-state index in [2.05, 4.69) is 52.0 Å². The second-order valence-corrected chi connectivity index (χ2v) is 4.74. The Kier molecular flexibility index (Phi) is 4.15. The topological polar surface area (TPSA) is 0 Å². The van der Waals surface area contributed by atoms with Crippen molar-refractivity contribution in [3.05, 3.63) is 34.7 Å². The van der Waals surface area contributed by atoms with Gasteiger partial charge in [0.25, 0.3) is 0 Å². The Bertz CT molecular complexity index is 399. The molecule has 1 aromatic heterocycles. The lowest BCUT2D eigenvalue weighted by atomic mass is 10.2. The fourth-order valence-electron chi connectivity index (χ4n) is 1.30. The minimum atomic E-state index is 1.25. The fourth-order valence-corrected chi connectivity index (χ4v) is 2.37. The van der Waals surface area contributed by atoms with Crippen molar-refractivity contribution in [3.63, 3.8) is 0 Å². The highest BCUT2D eigenvalue weighted by molar-refractivity contribution is 7.19. The van der Waals surface area contributed by atoms with E-state index in [1.54, 1.807) is 0 Å². The van der Waals surface area contributed by atoms with Crippen molar-refractivity contribution in [2.45, 2.75) is 34.1 Å². The van der Waals surface area contributed by atoms with Gasteiger partial charge in [-0.3, -0.25) is 0 Å². The molecule has 0 radical (unpaired) electrons. The van der Waals surface area contributed by atoms with Gasteiger partial charge in [-0.15, -0.1) is 11.3 Å². The lowest BCUT2D eigenvalue weighted by molar-refractivity contribution is 1.09. The molecule has 0 amide bonds. The fraction of sp³-hybridized carbons (Fsp3) is 0.385. The van der Waals surface area contributed by atoms with Crippen LogP contribution in [0.2, 0.25) is 0 Å². The van der Waals surface area contributed by atoms with Gasteiger partial charge in [0, 0.05) is 9.58 Å². The number of aryl methyl sites for hydroxylation is 2. The van der Waals surface area contributed by atoms with E-state index in [-0.39, 0.29) is 0 Å². The highest BCUT2D eigenvalue weighted by atomic mass is 32.1. The first kappa shape index (κ1) is 11.3. The number of hydrogen-bond donors (Lipinski definition) is 0. The molecule has 14 heavy (non-hydrogen) atoms. The van der Waals surface area contributed by atoms with Crippen LogP contribution in [0.4, 0.5) is 0 Å². The van der Waals surface area contributed by atoms with Crippen LogP contribution in [0, 0.1) is 13.8 Å². The van der Waals surface area contributed by atoms with Crippen molar-refractivity contribution in [2.75, 3.05) is 0 Å². The third-order valence-electron chi connectivity index (χ3n) is 2.08. The Morgan fingerprint density at radius 1 is 1.07 bits per heavy atom. The van der Waals surface area contributed by atoms with Crippen molar-refractivity contribution in [2.24, 2.45) is 0 Å². The summed E-state index contributed by atoms with van der Waals surface area (Å²) in [7, 11) is 0. The molecule has 76 valence electrons. The van der Waals surface area contributed by atoms with E-state index >= 15 is 0 Å². The second kappa shape index (κ2) is 5.16. The van der Waals surface area contributed by atoms with Crippen LogP contribution in [0.5, 0.6) is 0 Å². The first-order valence-corrected chi connectivity index (χ1v) is 5.97. The zero-order chi connectivity index (χ0) is 10.6. The van der Waals surface area contributed by atoms with Crippen LogP contribution < -0.4 is 0 Å². The molecule has 0 saturated carbocycles. The van der Waals surface area contributed by atoms with E-state index in [0.29, 0.717) is 0 Å². The molecule has 0 aliphatic heterocycles. The molecule has 0 nitrogen and oxygen atoms in total. The summed E-state index contributed by atoms with van der Waals surface area (Å²) < 4.78 is 1.41. The van der Waals surface area contributed by atoms with Crippen molar-refractivity contribution in [1.82, 2.24) is 0 Å². The smallest absolute Gasteiger partial charge is 0.0348 e.